The number of rotatable bonds is 8. The first-order chi connectivity index (χ1) is 17.4. The van der Waals surface area contributed by atoms with Gasteiger partial charge in [-0.15, -0.1) is 11.3 Å². The lowest BCUT2D eigenvalue weighted by Crippen LogP contribution is -2.43. The van der Waals surface area contributed by atoms with E-state index in [0.29, 0.717) is 10.9 Å². The number of aromatic nitrogens is 1. The van der Waals surface area contributed by atoms with E-state index in [4.69, 9.17) is 0 Å². The van der Waals surface area contributed by atoms with Crippen LogP contribution in [0.1, 0.15) is 71.4 Å². The van der Waals surface area contributed by atoms with Crippen molar-refractivity contribution in [3.05, 3.63) is 49.9 Å². The zero-order valence-corrected chi connectivity index (χ0v) is 21.5. The van der Waals surface area contributed by atoms with Gasteiger partial charge in [-0.2, -0.15) is 8.78 Å². The molecule has 0 bridgehead atoms. The number of carbonyl (C=O) groups is 1. The van der Waals surface area contributed by atoms with Crippen molar-refractivity contribution in [2.24, 2.45) is 10.9 Å². The van der Waals surface area contributed by atoms with Gasteiger partial charge in [0, 0.05) is 34.8 Å². The third-order valence-corrected chi connectivity index (χ3v) is 8.70. The molecule has 194 valence electrons. The molecule has 1 unspecified atom stereocenters. The maximum Gasteiger partial charge on any atom is 0.345 e. The molecule has 9 heteroatoms. The largest absolute Gasteiger partial charge is 0.349 e. The second-order valence-electron chi connectivity index (χ2n) is 10.2. The minimum absolute atomic E-state index is 0.0157. The van der Waals surface area contributed by atoms with Gasteiger partial charge in [0.1, 0.15) is 11.6 Å². The molecule has 2 aromatic rings. The van der Waals surface area contributed by atoms with Crippen molar-refractivity contribution in [1.82, 2.24) is 15.2 Å². The van der Waals surface area contributed by atoms with Gasteiger partial charge in [0.05, 0.1) is 17.1 Å². The quantitative estimate of drug-likeness (QED) is 0.580. The van der Waals surface area contributed by atoms with Crippen LogP contribution in [-0.2, 0) is 24.3 Å². The van der Waals surface area contributed by atoms with E-state index in [9.17, 15) is 13.6 Å². The number of carbonyl (C=O) groups excluding carboxylic acids is 1. The minimum Gasteiger partial charge on any atom is -0.349 e. The van der Waals surface area contributed by atoms with Gasteiger partial charge >= 0.3 is 6.61 Å². The van der Waals surface area contributed by atoms with Crippen molar-refractivity contribution in [2.75, 3.05) is 13.1 Å². The molecule has 1 aliphatic carbocycles. The van der Waals surface area contributed by atoms with E-state index in [2.05, 4.69) is 37.9 Å². The summed E-state index contributed by atoms with van der Waals surface area (Å²) in [4.78, 5) is 25.9. The highest BCUT2D eigenvalue weighted by Gasteiger charge is 2.26. The average Bonchev–Trinajstić information content (AvgIpc) is 3.29. The smallest absolute Gasteiger partial charge is 0.345 e. The third-order valence-electron chi connectivity index (χ3n) is 7.57. The van der Waals surface area contributed by atoms with Gasteiger partial charge in [-0.05, 0) is 76.5 Å². The van der Waals surface area contributed by atoms with Crippen molar-refractivity contribution in [2.45, 2.75) is 83.7 Å². The molecule has 1 aromatic carbocycles. The second-order valence-corrected chi connectivity index (χ2v) is 11.4. The van der Waals surface area contributed by atoms with Gasteiger partial charge in [0.25, 0.3) is 5.91 Å². The summed E-state index contributed by atoms with van der Waals surface area (Å²) in [6.07, 6.45) is 9.36. The van der Waals surface area contributed by atoms with E-state index < -0.39 is 6.61 Å². The van der Waals surface area contributed by atoms with E-state index in [0.717, 1.165) is 86.4 Å². The number of thiazole rings is 1. The molecule has 36 heavy (non-hydrogen) atoms. The topological polar surface area (TPSA) is 66.8 Å². The SMILES string of the molecule is CC1CC=c2c(C(=O)NC3CCC(CCN4CCc5sc(COC(F)F)nc5C4)CC3)cccc2=N1. The maximum absolute atomic E-state index is 13.0. The summed E-state index contributed by atoms with van der Waals surface area (Å²) >= 11 is 1.50. The number of fused-ring (bicyclic) bond motifs is 2. The third kappa shape index (κ3) is 6.18. The minimum atomic E-state index is -2.76. The molecule has 1 fully saturated rings. The Labute approximate surface area is 214 Å². The number of halogens is 2. The average molecular weight is 517 g/mol. The standard InChI is InChI=1S/C27H34F2N4O2S/c1-17-5-10-20-21(3-2-4-22(20)30-17)26(34)31-19-8-6-18(7-9-19)11-13-33-14-12-24-23(15-33)32-25(36-24)16-35-27(28)29/h2-4,10,17-19,27H,5-9,11-16H2,1H3,(H,31,34). The lowest BCUT2D eigenvalue weighted by atomic mass is 9.84. The number of amides is 1. The van der Waals surface area contributed by atoms with Crippen LogP contribution >= 0.6 is 11.3 Å². The van der Waals surface area contributed by atoms with Crippen LogP contribution in [-0.4, -0.2) is 47.6 Å². The van der Waals surface area contributed by atoms with Crippen LogP contribution < -0.4 is 15.9 Å². The lowest BCUT2D eigenvalue weighted by Gasteiger charge is -2.32. The fourth-order valence-corrected chi connectivity index (χ4v) is 6.56. The van der Waals surface area contributed by atoms with E-state index in [1.54, 1.807) is 0 Å². The fraction of sp³-hybridized carbons (Fsp3) is 0.593. The Morgan fingerprint density at radius 2 is 2.11 bits per heavy atom. The van der Waals surface area contributed by atoms with E-state index in [-0.39, 0.29) is 24.6 Å². The van der Waals surface area contributed by atoms with Crippen LogP contribution in [0.25, 0.3) is 6.08 Å². The molecule has 1 atom stereocenters. The van der Waals surface area contributed by atoms with Crippen molar-refractivity contribution in [3.63, 3.8) is 0 Å². The van der Waals surface area contributed by atoms with Crippen molar-refractivity contribution in [3.8, 4) is 0 Å². The number of nitrogens with zero attached hydrogens (tertiary/aromatic N) is 3. The van der Waals surface area contributed by atoms with Gasteiger partial charge in [0.15, 0.2) is 0 Å². The summed E-state index contributed by atoms with van der Waals surface area (Å²) in [6.45, 7) is 2.02. The van der Waals surface area contributed by atoms with Gasteiger partial charge in [-0.25, -0.2) is 4.98 Å². The summed E-state index contributed by atoms with van der Waals surface area (Å²) in [5.74, 6) is 0.685. The first-order valence-electron chi connectivity index (χ1n) is 13.0. The summed E-state index contributed by atoms with van der Waals surface area (Å²) < 4.78 is 29.0. The van der Waals surface area contributed by atoms with Crippen molar-refractivity contribution >= 4 is 23.3 Å². The summed E-state index contributed by atoms with van der Waals surface area (Å²) in [5, 5.41) is 5.81. The number of nitrogens with one attached hydrogen (secondary N) is 1. The van der Waals surface area contributed by atoms with E-state index in [1.165, 1.54) is 16.2 Å². The lowest BCUT2D eigenvalue weighted by molar-refractivity contribution is -0.137. The van der Waals surface area contributed by atoms with Gasteiger partial charge in [-0.3, -0.25) is 14.7 Å². The number of hydrogen-bond acceptors (Lipinski definition) is 6. The Hall–Kier alpha value is -2.23. The number of ether oxygens (including phenoxy) is 1. The first-order valence-corrected chi connectivity index (χ1v) is 13.8. The molecule has 0 radical (unpaired) electrons. The molecular weight excluding hydrogens is 482 g/mol. The van der Waals surface area contributed by atoms with Gasteiger partial charge in [0.2, 0.25) is 0 Å². The zero-order chi connectivity index (χ0) is 25.1. The number of alkyl halides is 2. The van der Waals surface area contributed by atoms with Crippen LogP contribution in [0, 0.1) is 5.92 Å². The number of benzene rings is 1. The van der Waals surface area contributed by atoms with E-state index in [1.807, 2.05) is 18.2 Å². The Bertz CT molecular complexity index is 1190. The molecule has 2 aliphatic heterocycles. The highest BCUT2D eigenvalue weighted by atomic mass is 32.1. The molecule has 1 N–H and O–H groups in total. The predicted octanol–water partition coefficient (Wildman–Crippen LogP) is 3.81. The Morgan fingerprint density at radius 1 is 1.28 bits per heavy atom. The van der Waals surface area contributed by atoms with Crippen LogP contribution in [0.5, 0.6) is 0 Å². The van der Waals surface area contributed by atoms with Crippen LogP contribution in [0.2, 0.25) is 0 Å². The fourth-order valence-electron chi connectivity index (χ4n) is 5.57. The zero-order valence-electron chi connectivity index (χ0n) is 20.7. The summed E-state index contributed by atoms with van der Waals surface area (Å²) in [5.41, 5.74) is 1.76. The van der Waals surface area contributed by atoms with Crippen molar-refractivity contribution < 1.29 is 18.3 Å². The molecule has 3 heterocycles. The van der Waals surface area contributed by atoms with E-state index >= 15 is 0 Å². The molecule has 6 nitrogen and oxygen atoms in total. The van der Waals surface area contributed by atoms with Crippen LogP contribution in [0.3, 0.4) is 0 Å². The molecule has 0 spiro atoms. The Morgan fingerprint density at radius 3 is 2.92 bits per heavy atom. The molecule has 1 amide bonds. The molecular formula is C27H34F2N4O2S. The molecule has 1 aromatic heterocycles. The molecule has 1 saturated carbocycles. The van der Waals surface area contributed by atoms with Gasteiger partial charge < -0.3 is 10.1 Å². The maximum atomic E-state index is 13.0. The highest BCUT2D eigenvalue weighted by Crippen LogP contribution is 2.29. The van der Waals surface area contributed by atoms with Crippen molar-refractivity contribution in [1.29, 1.82) is 0 Å². The second kappa shape index (κ2) is 11.4. The Balaban J connectivity index is 1.07. The van der Waals surface area contributed by atoms with Crippen LogP contribution in [0.4, 0.5) is 8.78 Å². The normalized spacial score (nSPS) is 23.9. The molecule has 5 rings (SSSR count). The summed E-state index contributed by atoms with van der Waals surface area (Å²) in [7, 11) is 0. The Kier molecular flexibility index (Phi) is 8.08. The first kappa shape index (κ1) is 25.4. The monoisotopic (exact) mass is 516 g/mol. The highest BCUT2D eigenvalue weighted by molar-refractivity contribution is 7.11. The molecule has 0 saturated heterocycles. The number of hydrogen-bond donors (Lipinski definition) is 1. The van der Waals surface area contributed by atoms with Crippen LogP contribution in [0.15, 0.2) is 23.2 Å². The van der Waals surface area contributed by atoms with Gasteiger partial charge in [-0.1, -0.05) is 12.1 Å². The predicted molar refractivity (Wildman–Crippen MR) is 135 cm³/mol. The molecule has 3 aliphatic rings. The summed E-state index contributed by atoms with van der Waals surface area (Å²) in [6, 6.07) is 6.31.